The van der Waals surface area contributed by atoms with Gasteiger partial charge in [-0.25, -0.2) is 0 Å². The highest BCUT2D eigenvalue weighted by atomic mass is 16.5. The van der Waals surface area contributed by atoms with Crippen LogP contribution in [0.3, 0.4) is 0 Å². The molecule has 0 saturated carbocycles. The number of hydrogen-bond acceptors (Lipinski definition) is 8. The molecule has 5 rings (SSSR count). The first-order valence-corrected chi connectivity index (χ1v) is 16.7. The van der Waals surface area contributed by atoms with Gasteiger partial charge >= 0.3 is 0 Å². The SMILES string of the molecule is COCc1cc(C(=O)Nc2ccc(C)cc2OCCCCCC(=O)N2CCN(C)CC2)ccc1NC(=O)c1cccc2c1CC(CO)N2. The van der Waals surface area contributed by atoms with E-state index in [1.165, 1.54) is 0 Å². The van der Waals surface area contributed by atoms with Crippen molar-refractivity contribution in [3.05, 3.63) is 82.4 Å². The van der Waals surface area contributed by atoms with Gasteiger partial charge < -0.3 is 40.3 Å². The van der Waals surface area contributed by atoms with Crippen LogP contribution in [0.4, 0.5) is 17.1 Å². The largest absolute Gasteiger partial charge is 0.491 e. The average molecular weight is 658 g/mol. The number of nitrogens with one attached hydrogen (secondary N) is 3. The lowest BCUT2D eigenvalue weighted by Crippen LogP contribution is -2.47. The molecule has 3 aromatic rings. The van der Waals surface area contributed by atoms with E-state index < -0.39 is 0 Å². The Hall–Kier alpha value is -4.45. The van der Waals surface area contributed by atoms with Crippen molar-refractivity contribution in [3.63, 3.8) is 0 Å². The average Bonchev–Trinajstić information content (AvgIpc) is 3.52. The molecule has 1 fully saturated rings. The molecule has 0 spiro atoms. The van der Waals surface area contributed by atoms with Crippen LogP contribution < -0.4 is 20.7 Å². The number of rotatable bonds is 14. The summed E-state index contributed by atoms with van der Waals surface area (Å²) in [5.41, 5.74) is 5.43. The van der Waals surface area contributed by atoms with Crippen LogP contribution in [0.15, 0.2) is 54.6 Å². The van der Waals surface area contributed by atoms with Crippen LogP contribution in [-0.4, -0.2) is 92.2 Å². The molecule has 3 aromatic carbocycles. The third-order valence-electron chi connectivity index (χ3n) is 8.90. The molecule has 0 aliphatic carbocycles. The van der Waals surface area contributed by atoms with Crippen LogP contribution in [-0.2, 0) is 22.6 Å². The first-order valence-electron chi connectivity index (χ1n) is 16.7. The second-order valence-corrected chi connectivity index (χ2v) is 12.6. The number of aliphatic hydroxyl groups is 1. The molecule has 0 bridgehead atoms. The number of anilines is 3. The maximum Gasteiger partial charge on any atom is 0.256 e. The van der Waals surface area contributed by atoms with E-state index in [4.69, 9.17) is 9.47 Å². The van der Waals surface area contributed by atoms with E-state index in [9.17, 15) is 19.5 Å². The molecule has 4 N–H and O–H groups in total. The lowest BCUT2D eigenvalue weighted by atomic mass is 10.0. The summed E-state index contributed by atoms with van der Waals surface area (Å²) in [6, 6.07) is 16.1. The molecule has 11 heteroatoms. The Morgan fingerprint density at radius 2 is 1.71 bits per heavy atom. The van der Waals surface area contributed by atoms with Crippen molar-refractivity contribution in [2.45, 2.75) is 51.7 Å². The number of nitrogens with zero attached hydrogens (tertiary/aromatic N) is 2. The summed E-state index contributed by atoms with van der Waals surface area (Å²) >= 11 is 0. The van der Waals surface area contributed by atoms with Crippen LogP contribution in [0.5, 0.6) is 5.75 Å². The van der Waals surface area contributed by atoms with E-state index in [0.717, 1.165) is 62.3 Å². The van der Waals surface area contributed by atoms with Crippen LogP contribution in [0, 0.1) is 6.92 Å². The fourth-order valence-corrected chi connectivity index (χ4v) is 6.10. The number of aryl methyl sites for hydroxylation is 1. The van der Waals surface area contributed by atoms with Gasteiger partial charge in [0.1, 0.15) is 5.75 Å². The molecule has 0 radical (unpaired) electrons. The first kappa shape index (κ1) is 34.9. The zero-order chi connectivity index (χ0) is 34.0. The van der Waals surface area contributed by atoms with E-state index in [1.807, 2.05) is 42.2 Å². The quantitative estimate of drug-likeness (QED) is 0.184. The fourth-order valence-electron chi connectivity index (χ4n) is 6.10. The number of carbonyl (C=O) groups is 3. The van der Waals surface area contributed by atoms with E-state index in [-0.39, 0.29) is 37.0 Å². The van der Waals surface area contributed by atoms with Crippen molar-refractivity contribution >= 4 is 34.8 Å². The van der Waals surface area contributed by atoms with Crippen LogP contribution in [0.2, 0.25) is 0 Å². The lowest BCUT2D eigenvalue weighted by Gasteiger charge is -2.32. The minimum absolute atomic E-state index is 0.0196. The maximum atomic E-state index is 13.4. The summed E-state index contributed by atoms with van der Waals surface area (Å²) in [4.78, 5) is 43.5. The zero-order valence-electron chi connectivity index (χ0n) is 28.1. The Labute approximate surface area is 282 Å². The first-order chi connectivity index (χ1) is 23.2. The second-order valence-electron chi connectivity index (χ2n) is 12.6. The molecule has 1 saturated heterocycles. The highest BCUT2D eigenvalue weighted by Crippen LogP contribution is 2.31. The Kier molecular flexibility index (Phi) is 12.1. The van der Waals surface area contributed by atoms with Gasteiger partial charge in [-0.15, -0.1) is 0 Å². The van der Waals surface area contributed by atoms with Gasteiger partial charge in [-0.05, 0) is 93.2 Å². The molecule has 2 aliphatic rings. The number of amides is 3. The molecule has 1 atom stereocenters. The van der Waals surface area contributed by atoms with Gasteiger partial charge in [0.25, 0.3) is 11.8 Å². The van der Waals surface area contributed by atoms with E-state index >= 15 is 0 Å². The minimum Gasteiger partial charge on any atom is -0.491 e. The minimum atomic E-state index is -0.316. The highest BCUT2D eigenvalue weighted by molar-refractivity contribution is 6.08. The molecule has 1 unspecified atom stereocenters. The third-order valence-corrected chi connectivity index (χ3v) is 8.90. The van der Waals surface area contributed by atoms with Gasteiger partial charge in [0, 0.05) is 67.8 Å². The maximum absolute atomic E-state index is 13.4. The molecular formula is C37H47N5O6. The van der Waals surface area contributed by atoms with Gasteiger partial charge in [-0.3, -0.25) is 14.4 Å². The van der Waals surface area contributed by atoms with Crippen molar-refractivity contribution in [3.8, 4) is 5.75 Å². The van der Waals surface area contributed by atoms with E-state index in [0.29, 0.717) is 53.3 Å². The van der Waals surface area contributed by atoms with Gasteiger partial charge in [-0.2, -0.15) is 0 Å². The number of carbonyl (C=O) groups excluding carboxylic acids is 3. The second kappa shape index (κ2) is 16.6. The van der Waals surface area contributed by atoms with E-state index in [1.54, 1.807) is 31.4 Å². The van der Waals surface area contributed by atoms with Crippen molar-refractivity contribution < 1.29 is 29.0 Å². The topological polar surface area (TPSA) is 132 Å². The molecule has 2 heterocycles. The number of aliphatic hydroxyl groups excluding tert-OH is 1. The third kappa shape index (κ3) is 8.91. The predicted molar refractivity (Wildman–Crippen MR) is 187 cm³/mol. The number of likely N-dealkylation sites (N-methyl/N-ethyl adjacent to an activating group) is 1. The molecule has 11 nitrogen and oxygen atoms in total. The Morgan fingerprint density at radius 1 is 0.938 bits per heavy atom. The summed E-state index contributed by atoms with van der Waals surface area (Å²) in [7, 11) is 3.64. The van der Waals surface area contributed by atoms with Gasteiger partial charge in [-0.1, -0.05) is 12.1 Å². The monoisotopic (exact) mass is 657 g/mol. The Bertz CT molecular complexity index is 1600. The smallest absolute Gasteiger partial charge is 0.256 e. The van der Waals surface area contributed by atoms with Crippen LogP contribution >= 0.6 is 0 Å². The lowest BCUT2D eigenvalue weighted by molar-refractivity contribution is -0.132. The fraction of sp³-hybridized carbons (Fsp3) is 0.432. The summed E-state index contributed by atoms with van der Waals surface area (Å²) in [6.07, 6.45) is 3.61. The van der Waals surface area contributed by atoms with Gasteiger partial charge in [0.15, 0.2) is 0 Å². The number of fused-ring (bicyclic) bond motifs is 1. The number of ether oxygens (including phenoxy) is 2. The normalized spacial score (nSPS) is 15.8. The van der Waals surface area contributed by atoms with E-state index in [2.05, 4.69) is 27.9 Å². The van der Waals surface area contributed by atoms with Crippen molar-refractivity contribution in [2.24, 2.45) is 0 Å². The number of piperazine rings is 1. The highest BCUT2D eigenvalue weighted by Gasteiger charge is 2.25. The molecule has 256 valence electrons. The Balaban J connectivity index is 1.17. The summed E-state index contributed by atoms with van der Waals surface area (Å²) < 4.78 is 11.5. The summed E-state index contributed by atoms with van der Waals surface area (Å²) in [5.74, 6) is 0.227. The standard InChI is InChI=1S/C37H47N5O6/c1-25-11-13-33(34(20-25)48-19-6-4-5-10-35(44)42-17-15-41(2)16-18-42)40-36(45)26-12-14-31(27(21-26)24-47-3)39-37(46)29-8-7-9-32-30(29)22-28(23-43)38-32/h7-9,11-14,20-21,28,38,43H,4-6,10,15-19,22-24H2,1-3H3,(H,39,46)(H,40,45). The predicted octanol–water partition coefficient (Wildman–Crippen LogP) is 4.69. The molecular weight excluding hydrogens is 610 g/mol. The molecule has 48 heavy (non-hydrogen) atoms. The van der Waals surface area contributed by atoms with Gasteiger partial charge in [0.2, 0.25) is 5.91 Å². The number of benzene rings is 3. The van der Waals surface area contributed by atoms with Crippen molar-refractivity contribution in [1.29, 1.82) is 0 Å². The van der Waals surface area contributed by atoms with Crippen molar-refractivity contribution in [2.75, 3.05) is 69.5 Å². The molecule has 2 aliphatic heterocycles. The Morgan fingerprint density at radius 3 is 2.48 bits per heavy atom. The molecule has 0 aromatic heterocycles. The van der Waals surface area contributed by atoms with Gasteiger partial charge in [0.05, 0.1) is 31.5 Å². The molecule has 3 amide bonds. The number of hydrogen-bond donors (Lipinski definition) is 4. The number of unbranched alkanes of at least 4 members (excludes halogenated alkanes) is 2. The zero-order valence-corrected chi connectivity index (χ0v) is 28.1. The van der Waals surface area contributed by atoms with Crippen molar-refractivity contribution in [1.82, 2.24) is 9.80 Å². The summed E-state index contributed by atoms with van der Waals surface area (Å²) in [6.45, 7) is 6.07. The van der Waals surface area contributed by atoms with Crippen LogP contribution in [0.25, 0.3) is 0 Å². The van der Waals surface area contributed by atoms with Crippen LogP contribution in [0.1, 0.15) is 63.1 Å². The number of methoxy groups -OCH3 is 1. The summed E-state index contributed by atoms with van der Waals surface area (Å²) in [5, 5.41) is 18.8.